The first-order chi connectivity index (χ1) is 31.8. The first-order valence-corrected chi connectivity index (χ1v) is 21.4. The number of hydrogen-bond acceptors (Lipinski definition) is 6. The molecule has 7 heteroatoms. The number of benzene rings is 7. The molecule has 0 unspecified atom stereocenters. The summed E-state index contributed by atoms with van der Waals surface area (Å²) in [5.74, 6) is 1.59. The Labute approximate surface area is 371 Å². The fourth-order valence-electron chi connectivity index (χ4n) is 9.20. The van der Waals surface area contributed by atoms with E-state index in [1.54, 1.807) is 0 Å². The van der Waals surface area contributed by atoms with Crippen molar-refractivity contribution in [2.45, 2.75) is 0 Å². The maximum atomic E-state index is 5.70. The van der Waals surface area contributed by atoms with Gasteiger partial charge in [-0.3, -0.25) is 19.4 Å². The van der Waals surface area contributed by atoms with Crippen LogP contribution < -0.4 is 14.7 Å². The number of rotatable bonds is 8. The minimum atomic E-state index is 0.786. The zero-order valence-electron chi connectivity index (χ0n) is 34.6. The van der Waals surface area contributed by atoms with Crippen LogP contribution in [0.25, 0.3) is 49.9 Å². The highest BCUT2D eigenvalue weighted by Gasteiger charge is 2.32. The maximum Gasteiger partial charge on any atom is 0.142 e. The normalized spacial score (nSPS) is 12.0. The number of fused-ring (bicyclic) bond motifs is 5. The van der Waals surface area contributed by atoms with Gasteiger partial charge < -0.3 is 9.80 Å². The van der Waals surface area contributed by atoms with E-state index < -0.39 is 0 Å². The van der Waals surface area contributed by atoms with E-state index in [0.29, 0.717) is 0 Å². The van der Waals surface area contributed by atoms with Crippen LogP contribution in [0.15, 0.2) is 237 Å². The summed E-state index contributed by atoms with van der Waals surface area (Å²) in [4.78, 5) is 21.2. The Morgan fingerprint density at radius 1 is 0.328 bits per heavy atom. The van der Waals surface area contributed by atoms with Crippen molar-refractivity contribution >= 4 is 73.1 Å². The van der Waals surface area contributed by atoms with Gasteiger partial charge in [-0.15, -0.1) is 0 Å². The molecule has 64 heavy (non-hydrogen) atoms. The molecular weight excluding hydrogens is 783 g/mol. The van der Waals surface area contributed by atoms with Gasteiger partial charge >= 0.3 is 0 Å². The minimum Gasteiger partial charge on any atom is -0.310 e. The summed E-state index contributed by atoms with van der Waals surface area (Å²) >= 11 is 0. The number of aromatic nitrogens is 4. The van der Waals surface area contributed by atoms with Gasteiger partial charge in [0.25, 0.3) is 0 Å². The van der Waals surface area contributed by atoms with E-state index in [1.807, 2.05) is 49.1 Å². The van der Waals surface area contributed by atoms with Gasteiger partial charge in [0.1, 0.15) is 11.6 Å². The van der Waals surface area contributed by atoms with Crippen molar-refractivity contribution < 1.29 is 0 Å². The van der Waals surface area contributed by atoms with Gasteiger partial charge in [0.05, 0.1) is 39.5 Å². The minimum absolute atomic E-state index is 0.786. The summed E-state index contributed by atoms with van der Waals surface area (Å²) in [7, 11) is 0. The SMILES string of the molecule is c1ccc(N2c3ccccc3N(c3cc(N(c4ccc(-c5ccncc5)cc4)c4ccc(-c5ccncc5)cc4)cc(-n4c5ccccc5c5ccccc54)n3)c3ccccc32)cc1. The molecule has 7 nitrogen and oxygen atoms in total. The molecule has 0 fully saturated rings. The van der Waals surface area contributed by atoms with Gasteiger partial charge in [-0.1, -0.05) is 103 Å². The zero-order chi connectivity index (χ0) is 42.4. The van der Waals surface area contributed by atoms with Crippen LogP contribution in [0.1, 0.15) is 0 Å². The third-order valence-electron chi connectivity index (χ3n) is 12.1. The second-order valence-electron chi connectivity index (χ2n) is 15.8. The smallest absolute Gasteiger partial charge is 0.142 e. The topological polar surface area (TPSA) is 53.3 Å². The van der Waals surface area contributed by atoms with Crippen LogP contribution in [0.3, 0.4) is 0 Å². The number of nitrogens with zero attached hydrogens (tertiary/aromatic N) is 7. The van der Waals surface area contributed by atoms with Crippen LogP contribution >= 0.6 is 0 Å². The highest BCUT2D eigenvalue weighted by molar-refractivity contribution is 6.09. The highest BCUT2D eigenvalue weighted by atomic mass is 15.3. The van der Waals surface area contributed by atoms with Crippen LogP contribution in [0, 0.1) is 0 Å². The van der Waals surface area contributed by atoms with E-state index in [2.05, 4.69) is 217 Å². The Morgan fingerprint density at radius 2 is 0.734 bits per heavy atom. The maximum absolute atomic E-state index is 5.70. The summed E-state index contributed by atoms with van der Waals surface area (Å²) in [6, 6.07) is 75.3. The molecule has 0 aliphatic carbocycles. The van der Waals surface area contributed by atoms with Crippen molar-refractivity contribution in [2.24, 2.45) is 0 Å². The molecule has 0 spiro atoms. The molecule has 0 radical (unpaired) electrons. The molecule has 1 aliphatic rings. The molecule has 0 amide bonds. The van der Waals surface area contributed by atoms with Gasteiger partial charge in [-0.05, 0) is 119 Å². The third-order valence-corrected chi connectivity index (χ3v) is 12.1. The van der Waals surface area contributed by atoms with E-state index in [1.165, 1.54) is 10.8 Å². The van der Waals surface area contributed by atoms with Crippen LogP contribution in [-0.2, 0) is 0 Å². The van der Waals surface area contributed by atoms with E-state index >= 15 is 0 Å². The molecule has 0 atom stereocenters. The van der Waals surface area contributed by atoms with Crippen LogP contribution in [-0.4, -0.2) is 19.5 Å². The molecule has 12 rings (SSSR count). The molecule has 4 aromatic heterocycles. The van der Waals surface area contributed by atoms with Gasteiger partial charge in [0.15, 0.2) is 0 Å². The Kier molecular flexibility index (Phi) is 9.01. The lowest BCUT2D eigenvalue weighted by Gasteiger charge is -2.40. The molecular formula is C57H39N7. The molecule has 5 heterocycles. The van der Waals surface area contributed by atoms with Gasteiger partial charge in [-0.2, -0.15) is 0 Å². The molecule has 0 saturated heterocycles. The molecule has 7 aromatic carbocycles. The summed E-state index contributed by atoms with van der Waals surface area (Å²) in [5.41, 5.74) is 14.9. The predicted molar refractivity (Wildman–Crippen MR) is 263 cm³/mol. The van der Waals surface area contributed by atoms with Crippen LogP contribution in [0.5, 0.6) is 0 Å². The number of para-hydroxylation sites is 7. The predicted octanol–water partition coefficient (Wildman–Crippen LogP) is 15.0. The Balaban J connectivity index is 1.12. The quantitative estimate of drug-likeness (QED) is 0.152. The lowest BCUT2D eigenvalue weighted by atomic mass is 10.0. The molecule has 0 bridgehead atoms. The van der Waals surface area contributed by atoms with E-state index in [-0.39, 0.29) is 0 Å². The molecule has 302 valence electrons. The van der Waals surface area contributed by atoms with Crippen LogP contribution in [0.4, 0.5) is 51.3 Å². The fraction of sp³-hybridized carbons (Fsp3) is 0. The number of anilines is 9. The lowest BCUT2D eigenvalue weighted by Crippen LogP contribution is -2.25. The monoisotopic (exact) mass is 821 g/mol. The summed E-state index contributed by atoms with van der Waals surface area (Å²) in [6.07, 6.45) is 7.35. The van der Waals surface area contributed by atoms with Crippen molar-refractivity contribution in [1.29, 1.82) is 0 Å². The number of hydrogen-bond donors (Lipinski definition) is 0. The third kappa shape index (κ3) is 6.34. The van der Waals surface area contributed by atoms with Crippen molar-refractivity contribution in [1.82, 2.24) is 19.5 Å². The Morgan fingerprint density at radius 3 is 1.23 bits per heavy atom. The second kappa shape index (κ2) is 15.6. The largest absolute Gasteiger partial charge is 0.310 e. The molecule has 1 aliphatic heterocycles. The van der Waals surface area contributed by atoms with E-state index in [4.69, 9.17) is 4.98 Å². The Hall–Kier alpha value is -8.81. The standard InChI is InChI=1S/C57H39N7/c1-2-12-44(13-3-1)62-52-18-8-10-20-54(52)64(55-21-11-9-19-53(55)62)57-39-47(38-56(60-57)63-50-16-6-4-14-48(50)49-15-5-7-17-51(49)63)61(45-26-22-40(23-27-45)42-30-34-58-35-31-42)46-28-24-41(25-29-46)43-32-36-59-37-33-43/h1-39H. The van der Waals surface area contributed by atoms with Gasteiger partial charge in [0.2, 0.25) is 0 Å². The van der Waals surface area contributed by atoms with Crippen molar-refractivity contribution in [2.75, 3.05) is 14.7 Å². The van der Waals surface area contributed by atoms with Gasteiger partial charge in [-0.25, -0.2) is 4.98 Å². The van der Waals surface area contributed by atoms with E-state index in [0.717, 1.165) is 90.4 Å². The summed E-state index contributed by atoms with van der Waals surface area (Å²) in [5, 5.41) is 2.35. The van der Waals surface area contributed by atoms with Gasteiger partial charge in [0, 0.05) is 64.8 Å². The second-order valence-corrected chi connectivity index (χ2v) is 15.8. The molecule has 0 saturated carbocycles. The first-order valence-electron chi connectivity index (χ1n) is 21.4. The zero-order valence-corrected chi connectivity index (χ0v) is 34.6. The lowest BCUT2D eigenvalue weighted by molar-refractivity contribution is 1.05. The fourth-order valence-corrected chi connectivity index (χ4v) is 9.20. The van der Waals surface area contributed by atoms with Crippen molar-refractivity contribution in [3.63, 3.8) is 0 Å². The highest BCUT2D eigenvalue weighted by Crippen LogP contribution is 2.54. The molecule has 11 aromatic rings. The average molecular weight is 822 g/mol. The number of pyridine rings is 3. The summed E-state index contributed by atoms with van der Waals surface area (Å²) < 4.78 is 2.31. The van der Waals surface area contributed by atoms with E-state index in [9.17, 15) is 0 Å². The Bertz CT molecular complexity index is 3260. The first kappa shape index (κ1) is 37.0. The molecule has 0 N–H and O–H groups in total. The summed E-state index contributed by atoms with van der Waals surface area (Å²) in [6.45, 7) is 0. The average Bonchev–Trinajstić information content (AvgIpc) is 3.71. The van der Waals surface area contributed by atoms with Crippen molar-refractivity contribution in [3.8, 4) is 28.1 Å². The van der Waals surface area contributed by atoms with Crippen LogP contribution in [0.2, 0.25) is 0 Å². The van der Waals surface area contributed by atoms with Crippen molar-refractivity contribution in [3.05, 3.63) is 237 Å².